The Balaban J connectivity index is 2.57. The van der Waals surface area contributed by atoms with Gasteiger partial charge in [-0.05, 0) is 30.3 Å². The van der Waals surface area contributed by atoms with E-state index in [1.165, 1.54) is 6.20 Å². The number of hydrogen-bond acceptors (Lipinski definition) is 2. The van der Waals surface area contributed by atoms with Crippen molar-refractivity contribution in [3.63, 3.8) is 0 Å². The zero-order valence-electron chi connectivity index (χ0n) is 7.11. The molecular weight excluding hydrogens is 186 g/mol. The van der Waals surface area contributed by atoms with E-state index in [0.717, 1.165) is 18.2 Å². The summed E-state index contributed by atoms with van der Waals surface area (Å²) in [4.78, 5) is 0. The average molecular weight is 192 g/mol. The second-order valence-corrected chi connectivity index (χ2v) is 2.73. The zero-order chi connectivity index (χ0) is 9.97. The molecule has 0 fully saturated rings. The van der Waals surface area contributed by atoms with Crippen LogP contribution in [0, 0.1) is 11.6 Å². The SMILES string of the molecule is Fc1ccc(F)c(-c2cccnn2)c1. The lowest BCUT2D eigenvalue weighted by atomic mass is 10.1. The molecule has 0 unspecified atom stereocenters. The molecule has 0 spiro atoms. The number of benzene rings is 1. The van der Waals surface area contributed by atoms with Crippen molar-refractivity contribution in [3.8, 4) is 11.3 Å². The molecule has 1 aromatic heterocycles. The fraction of sp³-hybridized carbons (Fsp3) is 0. The molecule has 0 atom stereocenters. The predicted molar refractivity (Wildman–Crippen MR) is 47.4 cm³/mol. The summed E-state index contributed by atoms with van der Waals surface area (Å²) in [7, 11) is 0. The van der Waals surface area contributed by atoms with E-state index >= 15 is 0 Å². The van der Waals surface area contributed by atoms with Gasteiger partial charge in [-0.2, -0.15) is 10.2 Å². The van der Waals surface area contributed by atoms with Crippen molar-refractivity contribution in [3.05, 3.63) is 48.2 Å². The van der Waals surface area contributed by atoms with Gasteiger partial charge in [0.1, 0.15) is 11.6 Å². The van der Waals surface area contributed by atoms with E-state index < -0.39 is 11.6 Å². The Labute approximate surface area is 79.2 Å². The van der Waals surface area contributed by atoms with Gasteiger partial charge in [0.2, 0.25) is 0 Å². The summed E-state index contributed by atoms with van der Waals surface area (Å²) in [5.41, 5.74) is 0.447. The van der Waals surface area contributed by atoms with Crippen molar-refractivity contribution < 1.29 is 8.78 Å². The van der Waals surface area contributed by atoms with Crippen molar-refractivity contribution >= 4 is 0 Å². The van der Waals surface area contributed by atoms with Gasteiger partial charge in [0.05, 0.1) is 5.69 Å². The maximum Gasteiger partial charge on any atom is 0.132 e. The highest BCUT2D eigenvalue weighted by atomic mass is 19.1. The van der Waals surface area contributed by atoms with E-state index in [4.69, 9.17) is 0 Å². The third kappa shape index (κ3) is 1.59. The molecule has 4 heteroatoms. The van der Waals surface area contributed by atoms with Gasteiger partial charge in [0.25, 0.3) is 0 Å². The molecule has 0 saturated heterocycles. The first-order chi connectivity index (χ1) is 6.77. The second kappa shape index (κ2) is 3.49. The Kier molecular flexibility index (Phi) is 2.18. The molecule has 0 aliphatic carbocycles. The molecule has 2 rings (SSSR count). The van der Waals surface area contributed by atoms with Crippen LogP contribution in [0.2, 0.25) is 0 Å². The highest BCUT2D eigenvalue weighted by Crippen LogP contribution is 2.20. The average Bonchev–Trinajstić information content (AvgIpc) is 2.23. The van der Waals surface area contributed by atoms with Crippen LogP contribution in [0.1, 0.15) is 0 Å². The minimum absolute atomic E-state index is 0.123. The molecular formula is C10H6F2N2. The summed E-state index contributed by atoms with van der Waals surface area (Å²) < 4.78 is 26.0. The molecule has 0 aliphatic heterocycles. The summed E-state index contributed by atoms with van der Waals surface area (Å²) in [5.74, 6) is -1.00. The van der Waals surface area contributed by atoms with Crippen LogP contribution in [0.5, 0.6) is 0 Å². The highest BCUT2D eigenvalue weighted by molar-refractivity contribution is 5.58. The molecule has 70 valence electrons. The fourth-order valence-electron chi connectivity index (χ4n) is 1.14. The third-order valence-electron chi connectivity index (χ3n) is 1.78. The first-order valence-corrected chi connectivity index (χ1v) is 4.00. The first-order valence-electron chi connectivity index (χ1n) is 4.00. The molecule has 1 aromatic carbocycles. The quantitative estimate of drug-likeness (QED) is 0.693. The normalized spacial score (nSPS) is 10.1. The Morgan fingerprint density at radius 3 is 2.64 bits per heavy atom. The van der Waals surface area contributed by atoms with Crippen LogP contribution < -0.4 is 0 Å². The monoisotopic (exact) mass is 192 g/mol. The lowest BCUT2D eigenvalue weighted by Crippen LogP contribution is -1.90. The van der Waals surface area contributed by atoms with E-state index in [1.54, 1.807) is 12.1 Å². The fourth-order valence-corrected chi connectivity index (χ4v) is 1.14. The molecule has 0 amide bonds. The van der Waals surface area contributed by atoms with Gasteiger partial charge in [0.15, 0.2) is 0 Å². The van der Waals surface area contributed by atoms with Gasteiger partial charge < -0.3 is 0 Å². The van der Waals surface area contributed by atoms with E-state index in [2.05, 4.69) is 10.2 Å². The van der Waals surface area contributed by atoms with E-state index in [0.29, 0.717) is 5.69 Å². The third-order valence-corrected chi connectivity index (χ3v) is 1.78. The van der Waals surface area contributed by atoms with Crippen LogP contribution in [0.15, 0.2) is 36.5 Å². The van der Waals surface area contributed by atoms with Crippen LogP contribution in [-0.2, 0) is 0 Å². The zero-order valence-corrected chi connectivity index (χ0v) is 7.11. The minimum atomic E-state index is -0.508. The van der Waals surface area contributed by atoms with Gasteiger partial charge in [-0.1, -0.05) is 0 Å². The molecule has 0 N–H and O–H groups in total. The number of hydrogen-bond donors (Lipinski definition) is 0. The number of aromatic nitrogens is 2. The van der Waals surface area contributed by atoms with Crippen molar-refractivity contribution in [2.24, 2.45) is 0 Å². The van der Waals surface area contributed by atoms with Crippen LogP contribution >= 0.6 is 0 Å². The van der Waals surface area contributed by atoms with Crippen LogP contribution in [0.25, 0.3) is 11.3 Å². The molecule has 0 aliphatic rings. The van der Waals surface area contributed by atoms with Crippen molar-refractivity contribution in [1.29, 1.82) is 0 Å². The van der Waals surface area contributed by atoms with Gasteiger partial charge >= 0.3 is 0 Å². The smallest absolute Gasteiger partial charge is 0.132 e. The maximum absolute atomic E-state index is 13.2. The highest BCUT2D eigenvalue weighted by Gasteiger charge is 2.07. The summed E-state index contributed by atoms with van der Waals surface area (Å²) >= 11 is 0. The topological polar surface area (TPSA) is 25.8 Å². The summed E-state index contributed by atoms with van der Waals surface area (Å²) in [6.07, 6.45) is 1.47. The van der Waals surface area contributed by atoms with Crippen LogP contribution in [-0.4, -0.2) is 10.2 Å². The lowest BCUT2D eigenvalue weighted by molar-refractivity contribution is 0.602. The van der Waals surface area contributed by atoms with E-state index in [-0.39, 0.29) is 5.56 Å². The Morgan fingerprint density at radius 1 is 1.07 bits per heavy atom. The predicted octanol–water partition coefficient (Wildman–Crippen LogP) is 2.42. The standard InChI is InChI=1S/C10H6F2N2/c11-7-3-4-9(12)8(6-7)10-2-1-5-13-14-10/h1-6H. The molecule has 2 aromatic rings. The number of nitrogens with zero attached hydrogens (tertiary/aromatic N) is 2. The lowest BCUT2D eigenvalue weighted by Gasteiger charge is -2.00. The summed E-state index contributed by atoms with van der Waals surface area (Å²) in [6.45, 7) is 0. The van der Waals surface area contributed by atoms with E-state index in [1.807, 2.05) is 0 Å². The maximum atomic E-state index is 13.2. The first kappa shape index (κ1) is 8.74. The van der Waals surface area contributed by atoms with Crippen LogP contribution in [0.4, 0.5) is 8.78 Å². The Morgan fingerprint density at radius 2 is 1.93 bits per heavy atom. The van der Waals surface area contributed by atoms with Crippen molar-refractivity contribution in [2.75, 3.05) is 0 Å². The molecule has 14 heavy (non-hydrogen) atoms. The second-order valence-electron chi connectivity index (χ2n) is 2.73. The molecule has 1 heterocycles. The van der Waals surface area contributed by atoms with Gasteiger partial charge in [-0.15, -0.1) is 0 Å². The molecule has 0 radical (unpaired) electrons. The van der Waals surface area contributed by atoms with Gasteiger partial charge in [-0.25, -0.2) is 8.78 Å². The summed E-state index contributed by atoms with van der Waals surface area (Å²) in [5, 5.41) is 7.29. The van der Waals surface area contributed by atoms with E-state index in [9.17, 15) is 8.78 Å². The number of halogens is 2. The summed E-state index contributed by atoms with van der Waals surface area (Å²) in [6, 6.07) is 6.42. The minimum Gasteiger partial charge on any atom is -0.207 e. The van der Waals surface area contributed by atoms with Crippen molar-refractivity contribution in [1.82, 2.24) is 10.2 Å². The van der Waals surface area contributed by atoms with Gasteiger partial charge in [-0.3, -0.25) is 0 Å². The van der Waals surface area contributed by atoms with Gasteiger partial charge in [0, 0.05) is 11.8 Å². The Bertz CT molecular complexity index is 443. The number of rotatable bonds is 1. The largest absolute Gasteiger partial charge is 0.207 e. The van der Waals surface area contributed by atoms with Crippen molar-refractivity contribution in [2.45, 2.75) is 0 Å². The van der Waals surface area contributed by atoms with Crippen LogP contribution in [0.3, 0.4) is 0 Å². The molecule has 0 bridgehead atoms. The molecule has 2 nitrogen and oxygen atoms in total. The molecule has 0 saturated carbocycles. The Hall–Kier alpha value is -1.84.